The minimum atomic E-state index is -0.423. The van der Waals surface area contributed by atoms with E-state index in [2.05, 4.69) is 4.98 Å². The predicted molar refractivity (Wildman–Crippen MR) is 61.7 cm³/mol. The van der Waals surface area contributed by atoms with E-state index in [1.165, 1.54) is 12.1 Å². The number of nitro benzene ring substituents is 1. The lowest BCUT2D eigenvalue weighted by Crippen LogP contribution is -1.97. The summed E-state index contributed by atoms with van der Waals surface area (Å²) in [6.07, 6.45) is 3.25. The molecule has 0 spiro atoms. The first kappa shape index (κ1) is 11.1. The van der Waals surface area contributed by atoms with E-state index in [1.807, 2.05) is 0 Å². The minimum absolute atomic E-state index is 0.0669. The molecule has 2 rings (SSSR count). The van der Waals surface area contributed by atoms with Gasteiger partial charge < -0.3 is 4.74 Å². The van der Waals surface area contributed by atoms with Crippen molar-refractivity contribution in [3.63, 3.8) is 0 Å². The van der Waals surface area contributed by atoms with Gasteiger partial charge in [-0.3, -0.25) is 15.1 Å². The van der Waals surface area contributed by atoms with Crippen molar-refractivity contribution >= 4 is 5.69 Å². The van der Waals surface area contributed by atoms with Crippen LogP contribution in [0.15, 0.2) is 48.8 Å². The topological polar surface area (TPSA) is 65.3 Å². The van der Waals surface area contributed by atoms with Crippen molar-refractivity contribution in [2.75, 3.05) is 0 Å². The van der Waals surface area contributed by atoms with Gasteiger partial charge in [0.2, 0.25) is 0 Å². The molecule has 0 radical (unpaired) electrons. The summed E-state index contributed by atoms with van der Waals surface area (Å²) >= 11 is 0. The van der Waals surface area contributed by atoms with Crippen molar-refractivity contribution in [3.8, 4) is 5.75 Å². The Hall–Kier alpha value is -2.43. The highest BCUT2D eigenvalue weighted by Crippen LogP contribution is 2.15. The largest absolute Gasteiger partial charge is 0.487 e. The van der Waals surface area contributed by atoms with E-state index in [1.54, 1.807) is 36.7 Å². The van der Waals surface area contributed by atoms with Gasteiger partial charge in [-0.15, -0.1) is 0 Å². The molecule has 5 heteroatoms. The zero-order chi connectivity index (χ0) is 12.1. The molecule has 0 N–H and O–H groups in total. The van der Waals surface area contributed by atoms with E-state index in [0.29, 0.717) is 5.75 Å². The molecule has 0 fully saturated rings. The van der Waals surface area contributed by atoms with Crippen molar-refractivity contribution < 1.29 is 9.66 Å². The zero-order valence-corrected chi connectivity index (χ0v) is 8.95. The smallest absolute Gasteiger partial charge is 0.269 e. The van der Waals surface area contributed by atoms with Gasteiger partial charge in [-0.05, 0) is 17.7 Å². The fourth-order valence-corrected chi connectivity index (χ4v) is 1.36. The van der Waals surface area contributed by atoms with Gasteiger partial charge in [0.15, 0.2) is 0 Å². The third-order valence-corrected chi connectivity index (χ3v) is 2.16. The third kappa shape index (κ3) is 3.01. The number of aromatic nitrogens is 1. The fourth-order valence-electron chi connectivity index (χ4n) is 1.36. The van der Waals surface area contributed by atoms with E-state index in [0.717, 1.165) is 5.56 Å². The highest BCUT2D eigenvalue weighted by molar-refractivity contribution is 5.34. The number of ether oxygens (including phenoxy) is 1. The highest BCUT2D eigenvalue weighted by Gasteiger charge is 2.05. The van der Waals surface area contributed by atoms with Crippen molar-refractivity contribution in [2.45, 2.75) is 6.61 Å². The standard InChI is InChI=1S/C12H10N2O3/c15-14(16)11-4-1-3-10(7-11)9-17-12-5-2-6-13-8-12/h1-8H,9H2. The lowest BCUT2D eigenvalue weighted by molar-refractivity contribution is -0.384. The summed E-state index contributed by atoms with van der Waals surface area (Å²) in [5, 5.41) is 10.6. The monoisotopic (exact) mass is 230 g/mol. The first-order chi connectivity index (χ1) is 8.25. The molecule has 0 aliphatic rings. The van der Waals surface area contributed by atoms with Crippen LogP contribution in [0.3, 0.4) is 0 Å². The average molecular weight is 230 g/mol. The minimum Gasteiger partial charge on any atom is -0.487 e. The molecule has 86 valence electrons. The van der Waals surface area contributed by atoms with E-state index in [-0.39, 0.29) is 12.3 Å². The summed E-state index contributed by atoms with van der Waals surface area (Å²) in [6.45, 7) is 0.285. The Morgan fingerprint density at radius 1 is 1.29 bits per heavy atom. The maximum absolute atomic E-state index is 10.6. The molecule has 5 nitrogen and oxygen atoms in total. The zero-order valence-electron chi connectivity index (χ0n) is 8.95. The summed E-state index contributed by atoms with van der Waals surface area (Å²) in [4.78, 5) is 14.1. The first-order valence-corrected chi connectivity index (χ1v) is 5.02. The van der Waals surface area contributed by atoms with Crippen LogP contribution in [0, 0.1) is 10.1 Å². The maximum atomic E-state index is 10.6. The van der Waals surface area contributed by atoms with Gasteiger partial charge in [-0.25, -0.2) is 0 Å². The Morgan fingerprint density at radius 2 is 2.18 bits per heavy atom. The number of hydrogen-bond donors (Lipinski definition) is 0. The first-order valence-electron chi connectivity index (χ1n) is 5.02. The number of non-ortho nitro benzene ring substituents is 1. The molecule has 2 aromatic rings. The van der Waals surface area contributed by atoms with Crippen LogP contribution < -0.4 is 4.74 Å². The van der Waals surface area contributed by atoms with Crippen LogP contribution in [0.5, 0.6) is 5.75 Å². The molecule has 0 aliphatic heterocycles. The van der Waals surface area contributed by atoms with E-state index >= 15 is 0 Å². The number of benzene rings is 1. The molecule has 0 atom stereocenters. The van der Waals surface area contributed by atoms with Crippen molar-refractivity contribution in [2.24, 2.45) is 0 Å². The van der Waals surface area contributed by atoms with Crippen molar-refractivity contribution in [3.05, 3.63) is 64.5 Å². The lowest BCUT2D eigenvalue weighted by atomic mass is 10.2. The van der Waals surface area contributed by atoms with E-state index < -0.39 is 4.92 Å². The van der Waals surface area contributed by atoms with Gasteiger partial charge in [-0.2, -0.15) is 0 Å². The number of nitro groups is 1. The molecular formula is C12H10N2O3. The average Bonchev–Trinajstić information content (AvgIpc) is 2.38. The number of hydrogen-bond acceptors (Lipinski definition) is 4. The quantitative estimate of drug-likeness (QED) is 0.598. The van der Waals surface area contributed by atoms with Gasteiger partial charge in [0.05, 0.1) is 11.1 Å². The van der Waals surface area contributed by atoms with Crippen LogP contribution in [0.2, 0.25) is 0 Å². The van der Waals surface area contributed by atoms with Gasteiger partial charge in [0, 0.05) is 18.3 Å². The normalized spacial score (nSPS) is 9.88. The van der Waals surface area contributed by atoms with Gasteiger partial charge in [0.1, 0.15) is 12.4 Å². The molecular weight excluding hydrogens is 220 g/mol. The van der Waals surface area contributed by atoms with Crippen LogP contribution in [-0.2, 0) is 6.61 Å². The maximum Gasteiger partial charge on any atom is 0.269 e. The van der Waals surface area contributed by atoms with Gasteiger partial charge in [0.25, 0.3) is 5.69 Å². The van der Waals surface area contributed by atoms with Crippen LogP contribution in [0.4, 0.5) is 5.69 Å². The Kier molecular flexibility index (Phi) is 3.30. The highest BCUT2D eigenvalue weighted by atomic mass is 16.6. The van der Waals surface area contributed by atoms with Crippen LogP contribution in [-0.4, -0.2) is 9.91 Å². The lowest BCUT2D eigenvalue weighted by Gasteiger charge is -2.05. The van der Waals surface area contributed by atoms with Crippen LogP contribution >= 0.6 is 0 Å². The SMILES string of the molecule is O=[N+]([O-])c1cccc(COc2cccnc2)c1. The van der Waals surface area contributed by atoms with Crippen LogP contribution in [0.1, 0.15) is 5.56 Å². The third-order valence-electron chi connectivity index (χ3n) is 2.16. The Morgan fingerprint density at radius 3 is 2.88 bits per heavy atom. The van der Waals surface area contributed by atoms with Gasteiger partial charge >= 0.3 is 0 Å². The van der Waals surface area contributed by atoms with E-state index in [4.69, 9.17) is 4.74 Å². The van der Waals surface area contributed by atoms with Crippen molar-refractivity contribution in [1.29, 1.82) is 0 Å². The number of nitrogens with zero attached hydrogens (tertiary/aromatic N) is 2. The second-order valence-electron chi connectivity index (χ2n) is 3.40. The molecule has 1 heterocycles. The Balaban J connectivity index is 2.04. The second kappa shape index (κ2) is 5.07. The molecule has 0 saturated heterocycles. The summed E-state index contributed by atoms with van der Waals surface area (Å²) in [6, 6.07) is 9.92. The number of pyridine rings is 1. The van der Waals surface area contributed by atoms with Crippen LogP contribution in [0.25, 0.3) is 0 Å². The Bertz CT molecular complexity index is 514. The molecule has 0 unspecified atom stereocenters. The number of rotatable bonds is 4. The molecule has 1 aromatic heterocycles. The fraction of sp³-hybridized carbons (Fsp3) is 0.0833. The molecule has 0 bridgehead atoms. The summed E-state index contributed by atoms with van der Waals surface area (Å²) in [7, 11) is 0. The van der Waals surface area contributed by atoms with E-state index in [9.17, 15) is 10.1 Å². The molecule has 17 heavy (non-hydrogen) atoms. The summed E-state index contributed by atoms with van der Waals surface area (Å²) in [5.41, 5.74) is 0.820. The molecule has 0 aliphatic carbocycles. The molecule has 1 aromatic carbocycles. The Labute approximate surface area is 97.8 Å². The van der Waals surface area contributed by atoms with Gasteiger partial charge in [-0.1, -0.05) is 12.1 Å². The summed E-state index contributed by atoms with van der Waals surface area (Å²) in [5.74, 6) is 0.638. The molecule has 0 saturated carbocycles. The molecule has 0 amide bonds. The summed E-state index contributed by atoms with van der Waals surface area (Å²) < 4.78 is 5.44. The predicted octanol–water partition coefficient (Wildman–Crippen LogP) is 2.57. The second-order valence-corrected chi connectivity index (χ2v) is 3.40. The van der Waals surface area contributed by atoms with Crippen molar-refractivity contribution in [1.82, 2.24) is 4.98 Å².